The van der Waals surface area contributed by atoms with Crippen LogP contribution in [-0.4, -0.2) is 0 Å². The molecule has 14 heavy (non-hydrogen) atoms. The molecule has 0 heterocycles. The van der Waals surface area contributed by atoms with E-state index >= 15 is 0 Å². The molecule has 0 unspecified atom stereocenters. The summed E-state index contributed by atoms with van der Waals surface area (Å²) in [5.41, 5.74) is 2.89. The highest BCUT2D eigenvalue weighted by molar-refractivity contribution is 5.55. The first-order valence-electron chi connectivity index (χ1n) is 5.71. The zero-order chi connectivity index (χ0) is 10.8. The second-order valence-electron chi connectivity index (χ2n) is 2.64. The number of hydrogen-bond donors (Lipinski definition) is 0. The molecule has 0 saturated carbocycles. The summed E-state index contributed by atoms with van der Waals surface area (Å²) in [6.07, 6.45) is 6.87. The van der Waals surface area contributed by atoms with Crippen LogP contribution in [0.25, 0.3) is 6.08 Å². The smallest absolute Gasteiger partial charge is 0.0228 e. The number of aryl methyl sites for hydroxylation is 1. The summed E-state index contributed by atoms with van der Waals surface area (Å²) in [5.74, 6) is 0. The maximum atomic E-state index is 2.24. The van der Waals surface area contributed by atoms with E-state index in [1.807, 2.05) is 27.7 Å². The maximum Gasteiger partial charge on any atom is -0.0228 e. The molecule has 0 saturated heterocycles. The van der Waals surface area contributed by atoms with Crippen LogP contribution in [0.15, 0.2) is 30.3 Å². The minimum absolute atomic E-state index is 1.21. The van der Waals surface area contributed by atoms with Crippen LogP contribution >= 0.6 is 0 Å². The number of fused-ring (bicyclic) bond motifs is 1. The Morgan fingerprint density at radius 2 is 1.57 bits per heavy atom. The Bertz CT molecular complexity index is 258. The zero-order valence-corrected chi connectivity index (χ0v) is 9.88. The molecule has 0 N–H and O–H groups in total. The Hall–Kier alpha value is -1.04. The SMILES string of the molecule is C1=Cc2ccccc2CC1.CC.CC. The van der Waals surface area contributed by atoms with Gasteiger partial charge in [-0.25, -0.2) is 0 Å². The van der Waals surface area contributed by atoms with Crippen molar-refractivity contribution in [1.82, 2.24) is 0 Å². The van der Waals surface area contributed by atoms with Gasteiger partial charge in [-0.3, -0.25) is 0 Å². The molecule has 1 aliphatic rings. The van der Waals surface area contributed by atoms with Crippen LogP contribution in [-0.2, 0) is 6.42 Å². The molecule has 0 radical (unpaired) electrons. The van der Waals surface area contributed by atoms with E-state index in [1.165, 1.54) is 24.0 Å². The second kappa shape index (κ2) is 8.55. The predicted molar refractivity (Wildman–Crippen MR) is 66.5 cm³/mol. The van der Waals surface area contributed by atoms with Gasteiger partial charge in [-0.1, -0.05) is 64.1 Å². The fourth-order valence-electron chi connectivity index (χ4n) is 1.37. The van der Waals surface area contributed by atoms with Crippen LogP contribution in [0.5, 0.6) is 0 Å². The van der Waals surface area contributed by atoms with Gasteiger partial charge >= 0.3 is 0 Å². The van der Waals surface area contributed by atoms with Gasteiger partial charge in [-0.05, 0) is 24.0 Å². The van der Waals surface area contributed by atoms with Crippen LogP contribution in [0.1, 0.15) is 45.2 Å². The normalized spacial score (nSPS) is 11.4. The number of benzene rings is 1. The van der Waals surface area contributed by atoms with E-state index in [-0.39, 0.29) is 0 Å². The first kappa shape index (κ1) is 13.0. The van der Waals surface area contributed by atoms with Gasteiger partial charge in [0.05, 0.1) is 0 Å². The van der Waals surface area contributed by atoms with E-state index in [2.05, 4.69) is 36.4 Å². The van der Waals surface area contributed by atoms with Crippen LogP contribution in [0, 0.1) is 0 Å². The van der Waals surface area contributed by atoms with Gasteiger partial charge in [0.1, 0.15) is 0 Å². The minimum atomic E-state index is 1.21. The highest BCUT2D eigenvalue weighted by Gasteiger charge is 2.00. The van der Waals surface area contributed by atoms with Crippen molar-refractivity contribution >= 4 is 6.08 Å². The van der Waals surface area contributed by atoms with Gasteiger partial charge in [0.2, 0.25) is 0 Å². The fourth-order valence-corrected chi connectivity index (χ4v) is 1.37. The van der Waals surface area contributed by atoms with Crippen molar-refractivity contribution in [3.63, 3.8) is 0 Å². The summed E-state index contributed by atoms with van der Waals surface area (Å²) < 4.78 is 0. The fraction of sp³-hybridized carbons (Fsp3) is 0.429. The lowest BCUT2D eigenvalue weighted by Crippen LogP contribution is -1.91. The third-order valence-corrected chi connectivity index (χ3v) is 1.93. The monoisotopic (exact) mass is 190 g/mol. The molecule has 0 heteroatoms. The molecular formula is C14H22. The molecule has 0 amide bonds. The summed E-state index contributed by atoms with van der Waals surface area (Å²) in [6, 6.07) is 8.58. The van der Waals surface area contributed by atoms with E-state index in [0.717, 1.165) is 0 Å². The summed E-state index contributed by atoms with van der Waals surface area (Å²) in [4.78, 5) is 0. The summed E-state index contributed by atoms with van der Waals surface area (Å²) in [6.45, 7) is 8.00. The molecule has 0 nitrogen and oxygen atoms in total. The van der Waals surface area contributed by atoms with E-state index in [4.69, 9.17) is 0 Å². The van der Waals surface area contributed by atoms with Crippen molar-refractivity contribution in [2.24, 2.45) is 0 Å². The number of rotatable bonds is 0. The first-order chi connectivity index (χ1) is 6.97. The van der Waals surface area contributed by atoms with E-state index in [0.29, 0.717) is 0 Å². The second-order valence-corrected chi connectivity index (χ2v) is 2.64. The van der Waals surface area contributed by atoms with Gasteiger partial charge in [-0.15, -0.1) is 0 Å². The van der Waals surface area contributed by atoms with Crippen LogP contribution < -0.4 is 0 Å². The van der Waals surface area contributed by atoms with Gasteiger partial charge in [0, 0.05) is 0 Å². The highest BCUT2D eigenvalue weighted by Crippen LogP contribution is 2.17. The lowest BCUT2D eigenvalue weighted by Gasteiger charge is -2.07. The molecule has 0 fully saturated rings. The average molecular weight is 190 g/mol. The molecule has 0 spiro atoms. The van der Waals surface area contributed by atoms with E-state index < -0.39 is 0 Å². The summed E-state index contributed by atoms with van der Waals surface area (Å²) in [5, 5.41) is 0. The standard InChI is InChI=1S/C10H10.2C2H6/c1-2-6-10-8-4-3-7-9(10)5-1;2*1-2/h1-3,5-7H,4,8H2;2*1-2H3. The van der Waals surface area contributed by atoms with Crippen molar-refractivity contribution in [3.05, 3.63) is 41.5 Å². The molecule has 1 aliphatic carbocycles. The third kappa shape index (κ3) is 3.78. The Labute approximate surface area is 88.7 Å². The number of hydrogen-bond acceptors (Lipinski definition) is 0. The Balaban J connectivity index is 0.000000379. The Kier molecular flexibility index (Phi) is 7.92. The zero-order valence-electron chi connectivity index (χ0n) is 9.88. The van der Waals surface area contributed by atoms with Crippen molar-refractivity contribution in [2.45, 2.75) is 40.5 Å². The summed E-state index contributed by atoms with van der Waals surface area (Å²) in [7, 11) is 0. The largest absolute Gasteiger partial charge is 0.0836 e. The number of allylic oxidation sites excluding steroid dienone is 1. The topological polar surface area (TPSA) is 0 Å². The Morgan fingerprint density at radius 3 is 2.21 bits per heavy atom. The van der Waals surface area contributed by atoms with Gasteiger partial charge in [-0.2, -0.15) is 0 Å². The molecule has 2 rings (SSSR count). The molecule has 0 aromatic heterocycles. The molecule has 0 atom stereocenters. The molecule has 78 valence electrons. The molecule has 0 bridgehead atoms. The van der Waals surface area contributed by atoms with Crippen molar-refractivity contribution in [3.8, 4) is 0 Å². The van der Waals surface area contributed by atoms with Crippen molar-refractivity contribution in [2.75, 3.05) is 0 Å². The lowest BCUT2D eigenvalue weighted by atomic mass is 9.98. The lowest BCUT2D eigenvalue weighted by molar-refractivity contribution is 0.986. The first-order valence-corrected chi connectivity index (χ1v) is 5.71. The average Bonchev–Trinajstić information content (AvgIpc) is 2.34. The molecule has 0 aliphatic heterocycles. The predicted octanol–water partition coefficient (Wildman–Crippen LogP) is 4.70. The maximum absolute atomic E-state index is 2.24. The summed E-state index contributed by atoms with van der Waals surface area (Å²) >= 11 is 0. The van der Waals surface area contributed by atoms with Crippen LogP contribution in [0.4, 0.5) is 0 Å². The Morgan fingerprint density at radius 1 is 0.929 bits per heavy atom. The molecular weight excluding hydrogens is 168 g/mol. The van der Waals surface area contributed by atoms with Gasteiger partial charge in [0.25, 0.3) is 0 Å². The quantitative estimate of drug-likeness (QED) is 0.556. The van der Waals surface area contributed by atoms with Crippen molar-refractivity contribution in [1.29, 1.82) is 0 Å². The minimum Gasteiger partial charge on any atom is -0.0836 e. The third-order valence-electron chi connectivity index (χ3n) is 1.93. The van der Waals surface area contributed by atoms with Crippen LogP contribution in [0.2, 0.25) is 0 Å². The van der Waals surface area contributed by atoms with Gasteiger partial charge in [0.15, 0.2) is 0 Å². The molecule has 1 aromatic carbocycles. The van der Waals surface area contributed by atoms with E-state index in [1.54, 1.807) is 0 Å². The van der Waals surface area contributed by atoms with Gasteiger partial charge < -0.3 is 0 Å². The highest BCUT2D eigenvalue weighted by atomic mass is 14.1. The van der Waals surface area contributed by atoms with Crippen LogP contribution in [0.3, 0.4) is 0 Å². The van der Waals surface area contributed by atoms with E-state index in [9.17, 15) is 0 Å². The molecule has 1 aromatic rings. The van der Waals surface area contributed by atoms with Crippen molar-refractivity contribution < 1.29 is 0 Å².